The van der Waals surface area contributed by atoms with Crippen LogP contribution in [0.4, 0.5) is 11.4 Å². The van der Waals surface area contributed by atoms with Crippen molar-refractivity contribution < 1.29 is 23.5 Å². The molecule has 0 spiro atoms. The number of aromatic nitrogens is 1. The number of ether oxygens (including phenoxy) is 2. The normalized spacial score (nSPS) is 20.8. The summed E-state index contributed by atoms with van der Waals surface area (Å²) in [7, 11) is 1.65. The van der Waals surface area contributed by atoms with E-state index in [0.717, 1.165) is 42.8 Å². The summed E-state index contributed by atoms with van der Waals surface area (Å²) in [6.07, 6.45) is 5.08. The largest absolute Gasteiger partial charge is 0.482 e. The standard InChI is InChI=1S/C30H34N4O5/c1-37-15-5-14-33-26-16-22(10-11-27(26)38-19-28(33)35)34(21-8-9-21)30(36)24-17-31-13-12-23(24)29-32-25(18-39-29)20-6-3-2-4-7-20/h2-4,6-7,10-11,16,18,21,23-24,31H,5,8-9,12-15,17,19H2,1H3/t23-,24-/m0/s1. The Morgan fingerprint density at radius 3 is 2.82 bits per heavy atom. The molecule has 2 aliphatic heterocycles. The zero-order valence-electron chi connectivity index (χ0n) is 22.2. The van der Waals surface area contributed by atoms with Gasteiger partial charge >= 0.3 is 0 Å². The summed E-state index contributed by atoms with van der Waals surface area (Å²) in [6, 6.07) is 15.8. The Kier molecular flexibility index (Phi) is 7.34. The second-order valence-corrected chi connectivity index (χ2v) is 10.4. The lowest BCUT2D eigenvalue weighted by Crippen LogP contribution is -2.47. The van der Waals surface area contributed by atoms with Crippen molar-refractivity contribution in [3.8, 4) is 17.0 Å². The number of carbonyl (C=O) groups is 2. The number of anilines is 2. The molecule has 0 bridgehead atoms. The number of nitrogens with zero attached hydrogens (tertiary/aromatic N) is 3. The molecule has 204 valence electrons. The smallest absolute Gasteiger partial charge is 0.265 e. The molecular formula is C30H34N4O5. The lowest BCUT2D eigenvalue weighted by molar-refractivity contribution is -0.124. The molecule has 2 fully saturated rings. The van der Waals surface area contributed by atoms with Gasteiger partial charge in [0.05, 0.1) is 11.6 Å². The molecule has 1 saturated heterocycles. The van der Waals surface area contributed by atoms with Crippen LogP contribution in [-0.4, -0.2) is 62.8 Å². The highest BCUT2D eigenvalue weighted by Crippen LogP contribution is 2.42. The van der Waals surface area contributed by atoms with Crippen LogP contribution in [0.2, 0.25) is 0 Å². The maximum atomic E-state index is 14.3. The number of methoxy groups -OCH3 is 1. The first kappa shape index (κ1) is 25.6. The molecule has 3 heterocycles. The molecule has 3 aromatic rings. The number of hydrogen-bond donors (Lipinski definition) is 1. The Morgan fingerprint density at radius 2 is 2.03 bits per heavy atom. The number of nitrogens with one attached hydrogen (secondary N) is 1. The second-order valence-electron chi connectivity index (χ2n) is 10.4. The number of fused-ring (bicyclic) bond motifs is 1. The molecule has 2 aromatic carbocycles. The summed E-state index contributed by atoms with van der Waals surface area (Å²) >= 11 is 0. The molecule has 6 rings (SSSR count). The predicted molar refractivity (Wildman–Crippen MR) is 147 cm³/mol. The van der Waals surface area contributed by atoms with E-state index in [2.05, 4.69) is 5.32 Å². The molecule has 1 saturated carbocycles. The Bertz CT molecular complexity index is 1320. The van der Waals surface area contributed by atoms with Gasteiger partial charge in [-0.2, -0.15) is 0 Å². The van der Waals surface area contributed by atoms with Crippen molar-refractivity contribution in [2.45, 2.75) is 37.6 Å². The van der Waals surface area contributed by atoms with Crippen LogP contribution >= 0.6 is 0 Å². The Balaban J connectivity index is 1.28. The van der Waals surface area contributed by atoms with Crippen LogP contribution in [0.15, 0.2) is 59.2 Å². The van der Waals surface area contributed by atoms with Crippen LogP contribution in [0.25, 0.3) is 11.3 Å². The van der Waals surface area contributed by atoms with Gasteiger partial charge in [-0.05, 0) is 50.4 Å². The van der Waals surface area contributed by atoms with Crippen LogP contribution in [-0.2, 0) is 14.3 Å². The molecule has 2 atom stereocenters. The van der Waals surface area contributed by atoms with Gasteiger partial charge in [-0.1, -0.05) is 30.3 Å². The zero-order valence-corrected chi connectivity index (χ0v) is 22.2. The summed E-state index contributed by atoms with van der Waals surface area (Å²) in [6.45, 7) is 2.48. The molecule has 0 radical (unpaired) electrons. The first-order chi connectivity index (χ1) is 19.1. The van der Waals surface area contributed by atoms with Crippen LogP contribution in [0, 0.1) is 5.92 Å². The maximum absolute atomic E-state index is 14.3. The Labute approximate surface area is 228 Å². The maximum Gasteiger partial charge on any atom is 0.265 e. The first-order valence-corrected chi connectivity index (χ1v) is 13.7. The topological polar surface area (TPSA) is 97.1 Å². The van der Waals surface area contributed by atoms with E-state index in [1.54, 1.807) is 18.3 Å². The van der Waals surface area contributed by atoms with Gasteiger partial charge in [-0.25, -0.2) is 4.98 Å². The third-order valence-corrected chi connectivity index (χ3v) is 7.75. The Morgan fingerprint density at radius 1 is 1.18 bits per heavy atom. The van der Waals surface area contributed by atoms with Gasteiger partial charge in [-0.15, -0.1) is 0 Å². The number of amides is 2. The van der Waals surface area contributed by atoms with Gasteiger partial charge in [0, 0.05) is 50.0 Å². The van der Waals surface area contributed by atoms with Crippen LogP contribution in [0.3, 0.4) is 0 Å². The molecule has 9 nitrogen and oxygen atoms in total. The van der Waals surface area contributed by atoms with Gasteiger partial charge in [0.15, 0.2) is 12.5 Å². The van der Waals surface area contributed by atoms with Gasteiger partial charge in [0.1, 0.15) is 17.7 Å². The molecule has 1 N–H and O–H groups in total. The van der Waals surface area contributed by atoms with Crippen molar-refractivity contribution in [3.63, 3.8) is 0 Å². The third-order valence-electron chi connectivity index (χ3n) is 7.75. The van der Waals surface area contributed by atoms with Crippen molar-refractivity contribution in [2.75, 3.05) is 49.8 Å². The number of hydrogen-bond acceptors (Lipinski definition) is 7. The minimum absolute atomic E-state index is 0.0150. The van der Waals surface area contributed by atoms with Gasteiger partial charge in [0.25, 0.3) is 5.91 Å². The number of benzene rings is 2. The van der Waals surface area contributed by atoms with Gasteiger partial charge in [-0.3, -0.25) is 9.59 Å². The minimum atomic E-state index is -0.312. The lowest BCUT2D eigenvalue weighted by atomic mass is 9.85. The third kappa shape index (κ3) is 5.29. The second kappa shape index (κ2) is 11.2. The van der Waals surface area contributed by atoms with E-state index in [4.69, 9.17) is 18.9 Å². The highest BCUT2D eigenvalue weighted by atomic mass is 16.5. The van der Waals surface area contributed by atoms with E-state index in [9.17, 15) is 9.59 Å². The molecule has 0 unspecified atom stereocenters. The van der Waals surface area contributed by atoms with Crippen LogP contribution in [0.5, 0.6) is 5.75 Å². The summed E-state index contributed by atoms with van der Waals surface area (Å²) in [5, 5.41) is 3.41. The predicted octanol–water partition coefficient (Wildman–Crippen LogP) is 3.99. The van der Waals surface area contributed by atoms with E-state index in [1.807, 2.05) is 53.4 Å². The number of carbonyl (C=O) groups excluding carboxylic acids is 2. The number of oxazole rings is 1. The SMILES string of the molecule is COCCCN1C(=O)COc2ccc(N(C(=O)[C@H]3CNCC[C@@H]3c3nc(-c4ccccc4)co3)C3CC3)cc21. The first-order valence-electron chi connectivity index (χ1n) is 13.7. The number of piperidine rings is 1. The van der Waals surface area contributed by atoms with Crippen molar-refractivity contribution in [3.05, 3.63) is 60.7 Å². The van der Waals surface area contributed by atoms with E-state index in [1.165, 1.54) is 0 Å². The molecule has 1 aliphatic carbocycles. The van der Waals surface area contributed by atoms with Crippen LogP contribution < -0.4 is 19.9 Å². The van der Waals surface area contributed by atoms with Crippen molar-refractivity contribution in [2.24, 2.45) is 5.92 Å². The van der Waals surface area contributed by atoms with E-state index in [-0.39, 0.29) is 36.3 Å². The molecule has 9 heteroatoms. The van der Waals surface area contributed by atoms with E-state index in [0.29, 0.717) is 43.4 Å². The van der Waals surface area contributed by atoms with Crippen molar-refractivity contribution in [1.82, 2.24) is 10.3 Å². The Hall–Kier alpha value is -3.69. The average Bonchev–Trinajstić information content (AvgIpc) is 3.68. The van der Waals surface area contributed by atoms with Crippen LogP contribution in [0.1, 0.15) is 37.5 Å². The monoisotopic (exact) mass is 530 g/mol. The molecular weight excluding hydrogens is 496 g/mol. The fourth-order valence-electron chi connectivity index (χ4n) is 5.59. The molecule has 1 aromatic heterocycles. The molecule has 39 heavy (non-hydrogen) atoms. The van der Waals surface area contributed by atoms with E-state index >= 15 is 0 Å². The highest BCUT2D eigenvalue weighted by Gasteiger charge is 2.43. The molecule has 2 amide bonds. The van der Waals surface area contributed by atoms with E-state index < -0.39 is 0 Å². The summed E-state index contributed by atoms with van der Waals surface area (Å²) in [5.41, 5.74) is 3.27. The average molecular weight is 531 g/mol. The highest BCUT2D eigenvalue weighted by molar-refractivity contribution is 6.01. The summed E-state index contributed by atoms with van der Waals surface area (Å²) < 4.78 is 16.9. The quantitative estimate of drug-likeness (QED) is 0.418. The fraction of sp³-hybridized carbons (Fsp3) is 0.433. The van der Waals surface area contributed by atoms with Crippen molar-refractivity contribution >= 4 is 23.2 Å². The van der Waals surface area contributed by atoms with Gasteiger partial charge in [0.2, 0.25) is 5.91 Å². The summed E-state index contributed by atoms with van der Waals surface area (Å²) in [4.78, 5) is 35.5. The lowest BCUT2D eigenvalue weighted by Gasteiger charge is -2.35. The van der Waals surface area contributed by atoms with Gasteiger partial charge < -0.3 is 29.0 Å². The molecule has 3 aliphatic rings. The number of rotatable bonds is 9. The van der Waals surface area contributed by atoms with Crippen molar-refractivity contribution in [1.29, 1.82) is 0 Å². The summed E-state index contributed by atoms with van der Waals surface area (Å²) in [5.74, 6) is 0.805. The minimum Gasteiger partial charge on any atom is -0.482 e. The zero-order chi connectivity index (χ0) is 26.8. The fourth-order valence-corrected chi connectivity index (χ4v) is 5.59.